The number of ether oxygens (including phenoxy) is 2. The van der Waals surface area contributed by atoms with Crippen LogP contribution in [-0.4, -0.2) is 47.2 Å². The smallest absolute Gasteiger partial charge is 0.407 e. The lowest BCUT2D eigenvalue weighted by molar-refractivity contribution is -0.120. The SMILES string of the molecule is CC(C)(C)OC(=O)NCCCCCCCCOc1ccc(/C=C2\N=C3C(Cc4ccccc4)=NC(c4ccccc4)=CN3C2=O)cc1F. The van der Waals surface area contributed by atoms with Crippen LogP contribution in [0.25, 0.3) is 11.8 Å². The number of hydrogen-bond acceptors (Lipinski definition) is 6. The van der Waals surface area contributed by atoms with Gasteiger partial charge in [-0.15, -0.1) is 0 Å². The van der Waals surface area contributed by atoms with E-state index in [9.17, 15) is 9.59 Å². The fraction of sp³-hybridized carbons (Fsp3) is 0.333. The molecule has 0 saturated heterocycles. The van der Waals surface area contributed by atoms with Crippen molar-refractivity contribution in [3.8, 4) is 5.75 Å². The van der Waals surface area contributed by atoms with E-state index in [2.05, 4.69) is 10.3 Å². The number of amides is 2. The number of hydrogen-bond donors (Lipinski definition) is 1. The predicted octanol–water partition coefficient (Wildman–Crippen LogP) is 8.35. The number of rotatable bonds is 14. The highest BCUT2D eigenvalue weighted by Crippen LogP contribution is 2.29. The maximum Gasteiger partial charge on any atom is 0.407 e. The molecule has 0 radical (unpaired) electrons. The molecule has 0 unspecified atom stereocenters. The number of alkyl carbamates (subject to hydrolysis) is 1. The van der Waals surface area contributed by atoms with Gasteiger partial charge in [-0.05, 0) is 62.9 Å². The highest BCUT2D eigenvalue weighted by Gasteiger charge is 2.35. The molecule has 2 amide bonds. The predicted molar refractivity (Wildman–Crippen MR) is 188 cm³/mol. The zero-order valence-corrected chi connectivity index (χ0v) is 27.9. The number of benzene rings is 3. The lowest BCUT2D eigenvalue weighted by atomic mass is 10.1. The summed E-state index contributed by atoms with van der Waals surface area (Å²) in [5.41, 5.74) is 3.55. The molecule has 0 aromatic heterocycles. The van der Waals surface area contributed by atoms with Crippen molar-refractivity contribution >= 4 is 35.3 Å². The Morgan fingerprint density at radius 1 is 0.896 bits per heavy atom. The van der Waals surface area contributed by atoms with Gasteiger partial charge in [0.2, 0.25) is 0 Å². The number of unbranched alkanes of at least 4 members (excludes halogenated alkanes) is 5. The Morgan fingerprint density at radius 3 is 2.29 bits per heavy atom. The Kier molecular flexibility index (Phi) is 11.6. The minimum atomic E-state index is -0.493. The molecule has 1 N–H and O–H groups in total. The number of amidine groups is 1. The summed E-state index contributed by atoms with van der Waals surface area (Å²) in [6.07, 6.45) is 9.23. The number of nitrogens with one attached hydrogen (secondary N) is 1. The van der Waals surface area contributed by atoms with Gasteiger partial charge in [-0.1, -0.05) is 92.4 Å². The molecule has 0 saturated carbocycles. The van der Waals surface area contributed by atoms with Crippen molar-refractivity contribution in [3.63, 3.8) is 0 Å². The fourth-order valence-electron chi connectivity index (χ4n) is 5.36. The summed E-state index contributed by atoms with van der Waals surface area (Å²) in [6, 6.07) is 24.3. The number of carbonyl (C=O) groups is 2. The molecule has 48 heavy (non-hydrogen) atoms. The molecule has 9 heteroatoms. The van der Waals surface area contributed by atoms with Crippen LogP contribution >= 0.6 is 0 Å². The Hall–Kier alpha value is -5.05. The number of aliphatic imine (C=N–C) groups is 2. The molecule has 0 atom stereocenters. The summed E-state index contributed by atoms with van der Waals surface area (Å²) < 4.78 is 25.9. The molecular weight excluding hydrogens is 607 g/mol. The molecule has 250 valence electrons. The average molecular weight is 651 g/mol. The zero-order chi connectivity index (χ0) is 33.9. The fourth-order valence-corrected chi connectivity index (χ4v) is 5.36. The second kappa shape index (κ2) is 16.2. The molecule has 3 aromatic carbocycles. The van der Waals surface area contributed by atoms with Crippen LogP contribution in [0.2, 0.25) is 0 Å². The first-order chi connectivity index (χ1) is 23.2. The summed E-state index contributed by atoms with van der Waals surface area (Å²) in [5, 5.41) is 2.78. The van der Waals surface area contributed by atoms with Gasteiger partial charge in [0.25, 0.3) is 5.91 Å². The van der Waals surface area contributed by atoms with Crippen molar-refractivity contribution in [1.82, 2.24) is 10.2 Å². The third kappa shape index (κ3) is 9.73. The summed E-state index contributed by atoms with van der Waals surface area (Å²) >= 11 is 0. The van der Waals surface area contributed by atoms with E-state index in [1.807, 2.05) is 81.4 Å². The Labute approximate surface area is 282 Å². The molecule has 0 aliphatic carbocycles. The van der Waals surface area contributed by atoms with Crippen molar-refractivity contribution in [2.24, 2.45) is 9.98 Å². The number of halogens is 1. The van der Waals surface area contributed by atoms with Crippen molar-refractivity contribution in [2.75, 3.05) is 13.2 Å². The van der Waals surface area contributed by atoms with Crippen LogP contribution in [0, 0.1) is 5.82 Å². The van der Waals surface area contributed by atoms with Crippen LogP contribution in [0.4, 0.5) is 9.18 Å². The largest absolute Gasteiger partial charge is 0.491 e. The molecule has 3 aromatic rings. The van der Waals surface area contributed by atoms with Gasteiger partial charge < -0.3 is 14.8 Å². The summed E-state index contributed by atoms with van der Waals surface area (Å²) in [6.45, 7) is 6.54. The van der Waals surface area contributed by atoms with E-state index in [4.69, 9.17) is 14.5 Å². The summed E-state index contributed by atoms with van der Waals surface area (Å²) in [4.78, 5) is 36.3. The molecule has 0 spiro atoms. The summed E-state index contributed by atoms with van der Waals surface area (Å²) in [7, 11) is 0. The van der Waals surface area contributed by atoms with Crippen LogP contribution < -0.4 is 10.1 Å². The molecule has 2 aliphatic heterocycles. The zero-order valence-electron chi connectivity index (χ0n) is 27.9. The van der Waals surface area contributed by atoms with Crippen molar-refractivity contribution < 1.29 is 23.5 Å². The highest BCUT2D eigenvalue weighted by molar-refractivity contribution is 6.48. The van der Waals surface area contributed by atoms with E-state index in [-0.39, 0.29) is 23.4 Å². The number of fused-ring (bicyclic) bond motifs is 1. The van der Waals surface area contributed by atoms with Gasteiger partial charge in [0.05, 0.1) is 18.0 Å². The van der Waals surface area contributed by atoms with Gasteiger partial charge in [0, 0.05) is 24.7 Å². The van der Waals surface area contributed by atoms with E-state index in [1.54, 1.807) is 24.4 Å². The van der Waals surface area contributed by atoms with Crippen LogP contribution in [-0.2, 0) is 16.0 Å². The minimum absolute atomic E-state index is 0.180. The summed E-state index contributed by atoms with van der Waals surface area (Å²) in [5.74, 6) is -0.124. The monoisotopic (exact) mass is 650 g/mol. The highest BCUT2D eigenvalue weighted by atomic mass is 19.1. The second-order valence-electron chi connectivity index (χ2n) is 12.8. The number of nitrogens with zero attached hydrogens (tertiary/aromatic N) is 3. The number of carbonyl (C=O) groups excluding carboxylic acids is 2. The Morgan fingerprint density at radius 2 is 1.58 bits per heavy atom. The first kappa shape index (κ1) is 34.3. The lowest BCUT2D eigenvalue weighted by Crippen LogP contribution is -2.36. The second-order valence-corrected chi connectivity index (χ2v) is 12.8. The molecule has 0 bridgehead atoms. The first-order valence-corrected chi connectivity index (χ1v) is 16.6. The maximum absolute atomic E-state index is 15.0. The van der Waals surface area contributed by atoms with Crippen LogP contribution in [0.1, 0.15) is 76.0 Å². The molecule has 8 nitrogen and oxygen atoms in total. The normalized spacial score (nSPS) is 15.1. The van der Waals surface area contributed by atoms with E-state index in [1.165, 1.54) is 11.0 Å². The first-order valence-electron chi connectivity index (χ1n) is 16.6. The van der Waals surface area contributed by atoms with Crippen LogP contribution in [0.5, 0.6) is 5.75 Å². The van der Waals surface area contributed by atoms with Gasteiger partial charge in [-0.3, -0.25) is 9.69 Å². The maximum atomic E-state index is 15.0. The quantitative estimate of drug-likeness (QED) is 0.140. The molecule has 2 heterocycles. The van der Waals surface area contributed by atoms with Gasteiger partial charge in [0.1, 0.15) is 11.3 Å². The molecule has 5 rings (SSSR count). The van der Waals surface area contributed by atoms with E-state index >= 15 is 4.39 Å². The molecular formula is C39H43FN4O4. The molecule has 2 aliphatic rings. The minimum Gasteiger partial charge on any atom is -0.491 e. The van der Waals surface area contributed by atoms with E-state index in [0.717, 1.165) is 49.7 Å². The Balaban J connectivity index is 1.13. The Bertz CT molecular complexity index is 1710. The van der Waals surface area contributed by atoms with Crippen LogP contribution in [0.15, 0.2) is 101 Å². The average Bonchev–Trinajstić information content (AvgIpc) is 3.37. The van der Waals surface area contributed by atoms with Gasteiger partial charge in [-0.2, -0.15) is 0 Å². The third-order valence-corrected chi connectivity index (χ3v) is 7.70. The van der Waals surface area contributed by atoms with Gasteiger partial charge in [-0.25, -0.2) is 19.2 Å². The molecule has 0 fully saturated rings. The van der Waals surface area contributed by atoms with Crippen molar-refractivity contribution in [3.05, 3.63) is 113 Å². The lowest BCUT2D eigenvalue weighted by Gasteiger charge is -2.21. The topological polar surface area (TPSA) is 92.6 Å². The van der Waals surface area contributed by atoms with Gasteiger partial charge in [0.15, 0.2) is 17.4 Å². The van der Waals surface area contributed by atoms with Crippen molar-refractivity contribution in [2.45, 2.75) is 71.3 Å². The van der Waals surface area contributed by atoms with Crippen molar-refractivity contribution in [1.29, 1.82) is 0 Å². The van der Waals surface area contributed by atoms with Gasteiger partial charge >= 0.3 is 6.09 Å². The van der Waals surface area contributed by atoms with E-state index in [0.29, 0.717) is 42.4 Å². The van der Waals surface area contributed by atoms with Crippen LogP contribution in [0.3, 0.4) is 0 Å². The third-order valence-electron chi connectivity index (χ3n) is 7.70. The standard InChI is InChI=1S/C39H43FN4O4/c1-39(2,3)48-38(46)41-22-14-6-4-5-7-15-23-47-35-21-20-29(24-31(35)40)26-33-37(45)44-27-34(30-18-12-9-13-19-30)42-32(36(44)43-33)25-28-16-10-8-11-17-28/h8-13,16-21,24,26-27H,4-7,14-15,22-23,25H2,1-3H3,(H,41,46)/b33-26-. The van der Waals surface area contributed by atoms with E-state index < -0.39 is 11.4 Å².